The van der Waals surface area contributed by atoms with E-state index in [0.717, 1.165) is 0 Å². The second kappa shape index (κ2) is 7.36. The summed E-state index contributed by atoms with van der Waals surface area (Å²) < 4.78 is 5.06. The van der Waals surface area contributed by atoms with Gasteiger partial charge in [0.05, 0.1) is 11.1 Å². The highest BCUT2D eigenvalue weighted by Crippen LogP contribution is 2.17. The normalized spacial score (nSPS) is 10.3. The van der Waals surface area contributed by atoms with Gasteiger partial charge in [0, 0.05) is 13.0 Å². The molecule has 0 radical (unpaired) electrons. The van der Waals surface area contributed by atoms with Crippen LogP contribution in [0.4, 0.5) is 4.79 Å². The molecule has 0 aliphatic rings. The lowest BCUT2D eigenvalue weighted by Crippen LogP contribution is -2.32. The minimum absolute atomic E-state index is 0.0500. The van der Waals surface area contributed by atoms with Gasteiger partial charge in [-0.25, -0.2) is 9.59 Å². The molecule has 0 aromatic heterocycles. The number of phenolic OH excluding ortho intramolecular Hbond substituents is 1. The Morgan fingerprint density at radius 3 is 2.59 bits per heavy atom. The number of hydrogen-bond acceptors (Lipinski definition) is 4. The topological polar surface area (TPSA) is 95.9 Å². The van der Waals surface area contributed by atoms with Gasteiger partial charge < -0.3 is 20.3 Å². The second-order valence-electron chi connectivity index (χ2n) is 5.52. The zero-order chi connectivity index (χ0) is 16.8. The fraction of sp³-hybridized carbons (Fsp3) is 0.375. The van der Waals surface area contributed by atoms with E-state index in [1.165, 1.54) is 18.2 Å². The molecule has 0 atom stereocenters. The van der Waals surface area contributed by atoms with E-state index in [9.17, 15) is 14.7 Å². The maximum atomic E-state index is 11.4. The van der Waals surface area contributed by atoms with Crippen LogP contribution in [-0.4, -0.2) is 34.4 Å². The van der Waals surface area contributed by atoms with Crippen molar-refractivity contribution in [3.05, 3.63) is 29.3 Å². The van der Waals surface area contributed by atoms with Gasteiger partial charge in [0.25, 0.3) is 0 Å². The Balaban J connectivity index is 2.53. The van der Waals surface area contributed by atoms with Crippen molar-refractivity contribution >= 4 is 12.1 Å². The van der Waals surface area contributed by atoms with Crippen molar-refractivity contribution in [2.75, 3.05) is 6.54 Å². The maximum absolute atomic E-state index is 11.4. The van der Waals surface area contributed by atoms with Crippen LogP contribution in [0.5, 0.6) is 5.75 Å². The molecular formula is C16H19NO5. The number of ether oxygens (including phenoxy) is 1. The van der Waals surface area contributed by atoms with E-state index in [-0.39, 0.29) is 16.9 Å². The van der Waals surface area contributed by atoms with Crippen molar-refractivity contribution < 1.29 is 24.5 Å². The van der Waals surface area contributed by atoms with Gasteiger partial charge in [0.1, 0.15) is 11.4 Å². The molecule has 0 fully saturated rings. The first-order valence-electron chi connectivity index (χ1n) is 6.71. The van der Waals surface area contributed by atoms with Crippen molar-refractivity contribution in [1.29, 1.82) is 0 Å². The molecule has 0 bridgehead atoms. The van der Waals surface area contributed by atoms with E-state index < -0.39 is 17.7 Å². The van der Waals surface area contributed by atoms with Gasteiger partial charge in [-0.15, -0.1) is 0 Å². The number of carbonyl (C=O) groups excluding carboxylic acids is 1. The summed E-state index contributed by atoms with van der Waals surface area (Å²) in [6, 6.07) is 3.88. The van der Waals surface area contributed by atoms with Crippen molar-refractivity contribution in [1.82, 2.24) is 5.32 Å². The number of rotatable bonds is 3. The highest BCUT2D eigenvalue weighted by Gasteiger charge is 2.15. The molecule has 0 spiro atoms. The van der Waals surface area contributed by atoms with Crippen molar-refractivity contribution in [2.24, 2.45) is 0 Å². The molecule has 22 heavy (non-hydrogen) atoms. The highest BCUT2D eigenvalue weighted by molar-refractivity contribution is 5.88. The molecule has 0 saturated carbocycles. The van der Waals surface area contributed by atoms with Crippen molar-refractivity contribution in [3.8, 4) is 17.6 Å². The van der Waals surface area contributed by atoms with Crippen LogP contribution in [-0.2, 0) is 4.74 Å². The van der Waals surface area contributed by atoms with Crippen LogP contribution in [0, 0.1) is 11.8 Å². The van der Waals surface area contributed by atoms with Gasteiger partial charge in [0.15, 0.2) is 0 Å². The first-order chi connectivity index (χ1) is 10.2. The van der Waals surface area contributed by atoms with E-state index in [2.05, 4.69) is 17.2 Å². The van der Waals surface area contributed by atoms with E-state index >= 15 is 0 Å². The Labute approximate surface area is 129 Å². The third kappa shape index (κ3) is 6.18. The quantitative estimate of drug-likeness (QED) is 0.588. The summed E-state index contributed by atoms with van der Waals surface area (Å²) in [6.45, 7) is 5.60. The Hall–Kier alpha value is -2.68. The molecule has 1 aromatic carbocycles. The average molecular weight is 305 g/mol. The summed E-state index contributed by atoms with van der Waals surface area (Å²) in [4.78, 5) is 22.2. The summed E-state index contributed by atoms with van der Waals surface area (Å²) in [6.07, 6.45) is -0.180. The maximum Gasteiger partial charge on any atom is 0.407 e. The largest absolute Gasteiger partial charge is 0.507 e. The average Bonchev–Trinajstić information content (AvgIpc) is 2.37. The number of nitrogens with one attached hydrogen (secondary N) is 1. The minimum atomic E-state index is -1.09. The SMILES string of the molecule is CC(C)(C)OC(=O)NCCC#Cc1cc(C(=O)O)ccc1O. The van der Waals surface area contributed by atoms with Gasteiger partial charge in [-0.3, -0.25) is 0 Å². The molecule has 0 saturated heterocycles. The summed E-state index contributed by atoms with van der Waals surface area (Å²) in [5, 5.41) is 21.0. The van der Waals surface area contributed by atoms with Gasteiger partial charge in [0.2, 0.25) is 0 Å². The Kier molecular flexibility index (Phi) is 5.81. The number of carboxylic acid groups (broad SMARTS) is 1. The van der Waals surface area contributed by atoms with Gasteiger partial charge in [-0.2, -0.15) is 0 Å². The Bertz CT molecular complexity index is 620. The van der Waals surface area contributed by atoms with Crippen LogP contribution in [0.3, 0.4) is 0 Å². The fourth-order valence-corrected chi connectivity index (χ4v) is 1.47. The molecular weight excluding hydrogens is 286 g/mol. The predicted octanol–water partition coefficient (Wildman–Crippen LogP) is 2.36. The smallest absolute Gasteiger partial charge is 0.407 e. The third-order valence-corrected chi connectivity index (χ3v) is 2.38. The summed E-state index contributed by atoms with van der Waals surface area (Å²) in [5.74, 6) is 4.25. The monoisotopic (exact) mass is 305 g/mol. The first-order valence-corrected chi connectivity index (χ1v) is 6.71. The molecule has 1 amide bonds. The lowest BCUT2D eigenvalue weighted by Gasteiger charge is -2.19. The van der Waals surface area contributed by atoms with Crippen LogP contribution >= 0.6 is 0 Å². The standard InChI is InChI=1S/C16H19NO5/c1-16(2,3)22-15(21)17-9-5-4-6-11-10-12(14(19)20)7-8-13(11)18/h7-8,10,18H,5,9H2,1-3H3,(H,17,21)(H,19,20). The van der Waals surface area contributed by atoms with Gasteiger partial charge >= 0.3 is 12.1 Å². The number of benzene rings is 1. The number of alkyl carbamates (subject to hydrolysis) is 1. The highest BCUT2D eigenvalue weighted by atomic mass is 16.6. The number of carbonyl (C=O) groups is 2. The van der Waals surface area contributed by atoms with Crippen molar-refractivity contribution in [2.45, 2.75) is 32.8 Å². The molecule has 6 nitrogen and oxygen atoms in total. The van der Waals surface area contributed by atoms with Crippen LogP contribution < -0.4 is 5.32 Å². The molecule has 3 N–H and O–H groups in total. The summed E-state index contributed by atoms with van der Waals surface area (Å²) >= 11 is 0. The zero-order valence-corrected chi connectivity index (χ0v) is 12.8. The summed E-state index contributed by atoms with van der Waals surface area (Å²) in [7, 11) is 0. The number of phenols is 1. The second-order valence-corrected chi connectivity index (χ2v) is 5.52. The Morgan fingerprint density at radius 2 is 2.00 bits per heavy atom. The van der Waals surface area contributed by atoms with Gasteiger partial charge in [-0.1, -0.05) is 11.8 Å². The van der Waals surface area contributed by atoms with Gasteiger partial charge in [-0.05, 0) is 39.0 Å². The molecule has 0 aliphatic heterocycles. The molecule has 0 aliphatic carbocycles. The van der Waals surface area contributed by atoms with E-state index in [4.69, 9.17) is 9.84 Å². The molecule has 1 rings (SSSR count). The molecule has 0 unspecified atom stereocenters. The Morgan fingerprint density at radius 1 is 1.32 bits per heavy atom. The van der Waals surface area contributed by atoms with Crippen molar-refractivity contribution in [3.63, 3.8) is 0 Å². The minimum Gasteiger partial charge on any atom is -0.507 e. The third-order valence-electron chi connectivity index (χ3n) is 2.38. The van der Waals surface area contributed by atoms with Crippen LogP contribution in [0.25, 0.3) is 0 Å². The fourth-order valence-electron chi connectivity index (χ4n) is 1.47. The van der Waals surface area contributed by atoms with Crippen LogP contribution in [0.2, 0.25) is 0 Å². The molecule has 0 heterocycles. The van der Waals surface area contributed by atoms with Crippen LogP contribution in [0.15, 0.2) is 18.2 Å². The number of hydrogen-bond donors (Lipinski definition) is 3. The number of amides is 1. The molecule has 1 aromatic rings. The first kappa shape index (κ1) is 17.4. The lowest BCUT2D eigenvalue weighted by molar-refractivity contribution is 0.0528. The van der Waals surface area contributed by atoms with E-state index in [0.29, 0.717) is 13.0 Å². The molecule has 6 heteroatoms. The zero-order valence-electron chi connectivity index (χ0n) is 12.8. The summed E-state index contributed by atoms with van der Waals surface area (Å²) in [5.41, 5.74) is -0.273. The van der Waals surface area contributed by atoms with E-state index in [1.54, 1.807) is 20.8 Å². The number of aromatic hydroxyl groups is 1. The number of carboxylic acids is 1. The van der Waals surface area contributed by atoms with Crippen LogP contribution in [0.1, 0.15) is 43.1 Å². The lowest BCUT2D eigenvalue weighted by atomic mass is 10.1. The molecule has 118 valence electrons. The predicted molar refractivity (Wildman–Crippen MR) is 80.8 cm³/mol. The van der Waals surface area contributed by atoms with E-state index in [1.807, 2.05) is 0 Å². The number of aromatic carboxylic acids is 1.